The van der Waals surface area contributed by atoms with Crippen LogP contribution < -0.4 is 10.6 Å². The molecule has 0 bridgehead atoms. The van der Waals surface area contributed by atoms with Crippen molar-refractivity contribution >= 4 is 11.8 Å². The second-order valence-electron chi connectivity index (χ2n) is 5.90. The Labute approximate surface area is 110 Å². The van der Waals surface area contributed by atoms with Crippen molar-refractivity contribution in [2.45, 2.75) is 52.5 Å². The molecule has 0 amide bonds. The van der Waals surface area contributed by atoms with Gasteiger partial charge in [-0.1, -0.05) is 20.3 Å². The molecular formula is C14H24N4. The van der Waals surface area contributed by atoms with Crippen LogP contribution in [0.1, 0.15) is 46.5 Å². The third-order valence-corrected chi connectivity index (χ3v) is 3.55. The predicted molar refractivity (Wildman–Crippen MR) is 75.9 cm³/mol. The first kappa shape index (κ1) is 13.1. The molecule has 18 heavy (non-hydrogen) atoms. The second-order valence-corrected chi connectivity index (χ2v) is 5.90. The van der Waals surface area contributed by atoms with E-state index < -0.39 is 0 Å². The smallest absolute Gasteiger partial charge is 0.224 e. The molecule has 2 N–H and O–H groups in total. The lowest BCUT2D eigenvalue weighted by Crippen LogP contribution is -2.32. The monoisotopic (exact) mass is 248 g/mol. The van der Waals surface area contributed by atoms with E-state index in [0.29, 0.717) is 17.4 Å². The number of rotatable bonds is 4. The van der Waals surface area contributed by atoms with E-state index in [9.17, 15) is 0 Å². The van der Waals surface area contributed by atoms with Crippen LogP contribution in [0.4, 0.5) is 11.8 Å². The maximum atomic E-state index is 4.47. The van der Waals surface area contributed by atoms with Gasteiger partial charge in [0.1, 0.15) is 5.82 Å². The van der Waals surface area contributed by atoms with Gasteiger partial charge in [0.2, 0.25) is 5.95 Å². The van der Waals surface area contributed by atoms with Crippen LogP contribution in [0.2, 0.25) is 0 Å². The highest BCUT2D eigenvalue weighted by Crippen LogP contribution is 2.36. The standard InChI is InChI=1S/C14H24N4/c1-4-15-13-16-9-7-12(18-13)17-11-6-5-8-14(2,3)10-11/h7,9,11H,4-6,8,10H2,1-3H3,(H2,15,16,17,18). The van der Waals surface area contributed by atoms with Crippen molar-refractivity contribution in [3.8, 4) is 0 Å². The molecule has 1 unspecified atom stereocenters. The topological polar surface area (TPSA) is 49.8 Å². The van der Waals surface area contributed by atoms with Gasteiger partial charge in [0.05, 0.1) is 0 Å². The summed E-state index contributed by atoms with van der Waals surface area (Å²) in [5, 5.41) is 6.68. The molecule has 1 aromatic rings. The Hall–Kier alpha value is -1.32. The predicted octanol–water partition coefficient (Wildman–Crippen LogP) is 3.29. The van der Waals surface area contributed by atoms with E-state index >= 15 is 0 Å². The van der Waals surface area contributed by atoms with Crippen LogP contribution in [0.25, 0.3) is 0 Å². The summed E-state index contributed by atoms with van der Waals surface area (Å²) in [6, 6.07) is 2.49. The number of nitrogens with zero attached hydrogens (tertiary/aromatic N) is 2. The molecule has 100 valence electrons. The Kier molecular flexibility index (Phi) is 4.04. The number of anilines is 2. The minimum absolute atomic E-state index is 0.452. The maximum absolute atomic E-state index is 4.47. The molecule has 1 fully saturated rings. The average molecular weight is 248 g/mol. The van der Waals surface area contributed by atoms with E-state index in [1.807, 2.05) is 13.0 Å². The van der Waals surface area contributed by atoms with Gasteiger partial charge in [0.15, 0.2) is 0 Å². The molecule has 1 heterocycles. The van der Waals surface area contributed by atoms with Crippen molar-refractivity contribution in [3.63, 3.8) is 0 Å². The summed E-state index contributed by atoms with van der Waals surface area (Å²) in [6.45, 7) is 7.60. The second kappa shape index (κ2) is 5.55. The third kappa shape index (κ3) is 3.59. The van der Waals surface area contributed by atoms with Crippen molar-refractivity contribution in [2.75, 3.05) is 17.2 Å². The molecule has 0 spiro atoms. The summed E-state index contributed by atoms with van der Waals surface area (Å²) in [6.07, 6.45) is 6.90. The molecule has 1 atom stereocenters. The zero-order valence-electron chi connectivity index (χ0n) is 11.7. The number of hydrogen-bond acceptors (Lipinski definition) is 4. The lowest BCUT2D eigenvalue weighted by atomic mass is 9.75. The first-order chi connectivity index (χ1) is 8.59. The van der Waals surface area contributed by atoms with Gasteiger partial charge < -0.3 is 10.6 Å². The van der Waals surface area contributed by atoms with Gasteiger partial charge in [-0.2, -0.15) is 4.98 Å². The zero-order chi connectivity index (χ0) is 13.0. The van der Waals surface area contributed by atoms with Crippen LogP contribution in [0, 0.1) is 5.41 Å². The summed E-state index contributed by atoms with van der Waals surface area (Å²) in [5.41, 5.74) is 0.452. The summed E-state index contributed by atoms with van der Waals surface area (Å²) < 4.78 is 0. The van der Waals surface area contributed by atoms with Crippen molar-refractivity contribution in [1.82, 2.24) is 9.97 Å². The molecule has 2 rings (SSSR count). The van der Waals surface area contributed by atoms with Crippen molar-refractivity contribution < 1.29 is 0 Å². The van der Waals surface area contributed by atoms with E-state index in [-0.39, 0.29) is 0 Å². The van der Waals surface area contributed by atoms with Gasteiger partial charge in [0.25, 0.3) is 0 Å². The highest BCUT2D eigenvalue weighted by molar-refractivity contribution is 5.40. The van der Waals surface area contributed by atoms with Crippen LogP contribution in [0.3, 0.4) is 0 Å². The minimum Gasteiger partial charge on any atom is -0.367 e. The van der Waals surface area contributed by atoms with Crippen LogP contribution in [-0.2, 0) is 0 Å². The zero-order valence-corrected chi connectivity index (χ0v) is 11.7. The molecule has 0 saturated heterocycles. The molecule has 1 aromatic heterocycles. The van der Waals surface area contributed by atoms with E-state index in [2.05, 4.69) is 34.4 Å². The van der Waals surface area contributed by atoms with Crippen LogP contribution in [0.5, 0.6) is 0 Å². The Morgan fingerprint density at radius 2 is 2.28 bits per heavy atom. The summed E-state index contributed by atoms with van der Waals surface area (Å²) in [5.74, 6) is 1.64. The van der Waals surface area contributed by atoms with Gasteiger partial charge in [-0.15, -0.1) is 0 Å². The van der Waals surface area contributed by atoms with E-state index in [1.165, 1.54) is 25.7 Å². The SMILES string of the molecule is CCNc1nccc(NC2CCCC(C)(C)C2)n1. The van der Waals surface area contributed by atoms with Gasteiger partial charge in [-0.05, 0) is 37.7 Å². The Bertz CT molecular complexity index is 389. The molecular weight excluding hydrogens is 224 g/mol. The van der Waals surface area contributed by atoms with Crippen LogP contribution in [0.15, 0.2) is 12.3 Å². The first-order valence-electron chi connectivity index (χ1n) is 6.92. The summed E-state index contributed by atoms with van der Waals surface area (Å²) in [7, 11) is 0. The average Bonchev–Trinajstić information content (AvgIpc) is 2.28. The van der Waals surface area contributed by atoms with Crippen molar-refractivity contribution in [3.05, 3.63) is 12.3 Å². The van der Waals surface area contributed by atoms with Crippen LogP contribution in [-0.4, -0.2) is 22.6 Å². The minimum atomic E-state index is 0.452. The fourth-order valence-electron chi connectivity index (χ4n) is 2.71. The van der Waals surface area contributed by atoms with Gasteiger partial charge in [0, 0.05) is 18.8 Å². The number of aromatic nitrogens is 2. The van der Waals surface area contributed by atoms with E-state index in [1.54, 1.807) is 6.20 Å². The Balaban J connectivity index is 1.98. The molecule has 4 nitrogen and oxygen atoms in total. The number of nitrogens with one attached hydrogen (secondary N) is 2. The quantitative estimate of drug-likeness (QED) is 0.858. The van der Waals surface area contributed by atoms with Crippen molar-refractivity contribution in [1.29, 1.82) is 0 Å². The molecule has 1 saturated carbocycles. The van der Waals surface area contributed by atoms with E-state index in [0.717, 1.165) is 12.4 Å². The van der Waals surface area contributed by atoms with Gasteiger partial charge >= 0.3 is 0 Å². The fourth-order valence-corrected chi connectivity index (χ4v) is 2.71. The normalized spacial score (nSPS) is 22.5. The number of hydrogen-bond donors (Lipinski definition) is 2. The molecule has 1 aliphatic rings. The molecule has 0 aromatic carbocycles. The Morgan fingerprint density at radius 3 is 3.00 bits per heavy atom. The fraction of sp³-hybridized carbons (Fsp3) is 0.714. The molecule has 4 heteroatoms. The van der Waals surface area contributed by atoms with Gasteiger partial charge in [-0.25, -0.2) is 4.98 Å². The summed E-state index contributed by atoms with van der Waals surface area (Å²) >= 11 is 0. The highest BCUT2D eigenvalue weighted by atomic mass is 15.1. The highest BCUT2D eigenvalue weighted by Gasteiger charge is 2.27. The Morgan fingerprint density at radius 1 is 1.44 bits per heavy atom. The lowest BCUT2D eigenvalue weighted by Gasteiger charge is -2.35. The molecule has 1 aliphatic carbocycles. The van der Waals surface area contributed by atoms with Gasteiger partial charge in [-0.3, -0.25) is 0 Å². The maximum Gasteiger partial charge on any atom is 0.224 e. The van der Waals surface area contributed by atoms with Crippen molar-refractivity contribution in [2.24, 2.45) is 5.41 Å². The largest absolute Gasteiger partial charge is 0.367 e. The lowest BCUT2D eigenvalue weighted by molar-refractivity contribution is 0.229. The van der Waals surface area contributed by atoms with E-state index in [4.69, 9.17) is 0 Å². The first-order valence-corrected chi connectivity index (χ1v) is 6.92. The summed E-state index contributed by atoms with van der Waals surface area (Å²) in [4.78, 5) is 8.66. The third-order valence-electron chi connectivity index (χ3n) is 3.55. The molecule has 0 aliphatic heterocycles. The molecule has 0 radical (unpaired) electrons. The van der Waals surface area contributed by atoms with Crippen LogP contribution >= 0.6 is 0 Å².